The van der Waals surface area contributed by atoms with Gasteiger partial charge < -0.3 is 14.2 Å². The van der Waals surface area contributed by atoms with Gasteiger partial charge in [-0.15, -0.1) is 0 Å². The van der Waals surface area contributed by atoms with E-state index < -0.39 is 6.10 Å². The summed E-state index contributed by atoms with van der Waals surface area (Å²) in [4.78, 5) is 37.9. The molecule has 0 radical (unpaired) electrons. The lowest BCUT2D eigenvalue weighted by molar-refractivity contribution is -0.167. The van der Waals surface area contributed by atoms with Crippen molar-refractivity contribution in [1.82, 2.24) is 0 Å². The zero-order valence-corrected chi connectivity index (χ0v) is 39.0. The number of allylic oxidation sites excluding steroid dienone is 8. The van der Waals surface area contributed by atoms with Gasteiger partial charge >= 0.3 is 17.9 Å². The number of unbranched alkanes of at least 4 members (excludes halogenated alkanes) is 26. The van der Waals surface area contributed by atoms with E-state index in [1.165, 1.54) is 135 Å². The van der Waals surface area contributed by atoms with E-state index in [4.69, 9.17) is 14.2 Å². The van der Waals surface area contributed by atoms with E-state index in [1.54, 1.807) is 0 Å². The molecule has 0 amide bonds. The van der Waals surface area contributed by atoms with E-state index in [0.717, 1.165) is 70.6 Å². The zero-order chi connectivity index (χ0) is 43.0. The molecule has 59 heavy (non-hydrogen) atoms. The third-order valence-corrected chi connectivity index (χ3v) is 10.8. The Balaban J connectivity index is 4.38. The van der Waals surface area contributed by atoms with Crippen LogP contribution < -0.4 is 0 Å². The fourth-order valence-corrected chi connectivity index (χ4v) is 7.04. The van der Waals surface area contributed by atoms with Crippen LogP contribution in [0.1, 0.15) is 252 Å². The van der Waals surface area contributed by atoms with Gasteiger partial charge in [-0.25, -0.2) is 0 Å². The summed E-state index contributed by atoms with van der Waals surface area (Å²) < 4.78 is 16.7. The second kappa shape index (κ2) is 48.0. The Hall–Kier alpha value is -2.63. The van der Waals surface area contributed by atoms with E-state index in [1.807, 2.05) is 0 Å². The largest absolute Gasteiger partial charge is 0.462 e. The summed E-state index contributed by atoms with van der Waals surface area (Å²) in [6.07, 6.45) is 56.7. The van der Waals surface area contributed by atoms with Crippen molar-refractivity contribution in [3.05, 3.63) is 48.6 Å². The van der Waals surface area contributed by atoms with Crippen LogP contribution in [0.3, 0.4) is 0 Å². The molecule has 1 unspecified atom stereocenters. The number of hydrogen-bond donors (Lipinski definition) is 0. The molecule has 0 saturated heterocycles. The van der Waals surface area contributed by atoms with Crippen molar-refractivity contribution < 1.29 is 28.6 Å². The molecule has 0 saturated carbocycles. The van der Waals surface area contributed by atoms with Crippen LogP contribution in [0.15, 0.2) is 48.6 Å². The van der Waals surface area contributed by atoms with Crippen LogP contribution in [0.2, 0.25) is 0 Å². The minimum Gasteiger partial charge on any atom is -0.462 e. The predicted octanol–water partition coefficient (Wildman–Crippen LogP) is 16.3. The van der Waals surface area contributed by atoms with E-state index >= 15 is 0 Å². The average Bonchev–Trinajstić information content (AvgIpc) is 3.23. The third kappa shape index (κ3) is 46.3. The van der Waals surface area contributed by atoms with Crippen LogP contribution in [0.4, 0.5) is 0 Å². The van der Waals surface area contributed by atoms with Crippen molar-refractivity contribution in [2.24, 2.45) is 0 Å². The Bertz CT molecular complexity index is 1040. The van der Waals surface area contributed by atoms with Gasteiger partial charge in [0.2, 0.25) is 0 Å². The molecule has 0 bridgehead atoms. The highest BCUT2D eigenvalue weighted by Gasteiger charge is 2.19. The first kappa shape index (κ1) is 56.4. The topological polar surface area (TPSA) is 78.9 Å². The molecule has 0 N–H and O–H groups in total. The predicted molar refractivity (Wildman–Crippen MR) is 252 cm³/mol. The molecule has 0 aliphatic heterocycles. The molecule has 0 fully saturated rings. The molecule has 0 spiro atoms. The van der Waals surface area contributed by atoms with E-state index in [-0.39, 0.29) is 37.5 Å². The Morgan fingerprint density at radius 2 is 0.661 bits per heavy atom. The lowest BCUT2D eigenvalue weighted by atomic mass is 10.0. The van der Waals surface area contributed by atoms with Crippen molar-refractivity contribution in [2.75, 3.05) is 13.2 Å². The maximum Gasteiger partial charge on any atom is 0.306 e. The number of ether oxygens (including phenoxy) is 3. The van der Waals surface area contributed by atoms with E-state index in [2.05, 4.69) is 69.4 Å². The molecular formula is C53H94O6. The van der Waals surface area contributed by atoms with Crippen LogP contribution in [0, 0.1) is 0 Å². The summed E-state index contributed by atoms with van der Waals surface area (Å²) in [7, 11) is 0. The summed E-state index contributed by atoms with van der Waals surface area (Å²) in [6.45, 7) is 6.48. The van der Waals surface area contributed by atoms with E-state index in [0.29, 0.717) is 19.3 Å². The van der Waals surface area contributed by atoms with Crippen LogP contribution in [0.25, 0.3) is 0 Å². The third-order valence-electron chi connectivity index (χ3n) is 10.8. The number of carbonyl (C=O) groups is 3. The maximum absolute atomic E-state index is 12.7. The quantitative estimate of drug-likeness (QED) is 0.0263. The normalized spacial score (nSPS) is 12.4. The SMILES string of the molecule is CC/C=C\C/C=C\C/C=C\CCCCC(=O)OC(COC(=O)CCCCCCCCC/C=C\CCCCCCCC)COC(=O)CCCCCCCCCCCCCC. The smallest absolute Gasteiger partial charge is 0.306 e. The first-order valence-corrected chi connectivity index (χ1v) is 25.1. The van der Waals surface area contributed by atoms with Crippen molar-refractivity contribution in [3.63, 3.8) is 0 Å². The Morgan fingerprint density at radius 1 is 0.356 bits per heavy atom. The first-order valence-electron chi connectivity index (χ1n) is 25.1. The molecule has 0 aromatic rings. The second-order valence-electron chi connectivity index (χ2n) is 16.7. The van der Waals surface area contributed by atoms with Gasteiger partial charge in [0.25, 0.3) is 0 Å². The number of carbonyl (C=O) groups excluding carboxylic acids is 3. The Morgan fingerprint density at radius 3 is 1.08 bits per heavy atom. The van der Waals surface area contributed by atoms with Crippen molar-refractivity contribution in [3.8, 4) is 0 Å². The fourth-order valence-electron chi connectivity index (χ4n) is 7.04. The molecular weight excluding hydrogens is 733 g/mol. The van der Waals surface area contributed by atoms with Gasteiger partial charge in [-0.05, 0) is 77.0 Å². The van der Waals surface area contributed by atoms with Crippen molar-refractivity contribution in [1.29, 1.82) is 0 Å². The standard InChI is InChI=1S/C53H94O6/c1-4-7-10-13-16-19-22-25-26-27-28-29-32-34-37-40-43-46-52(55)58-49-50(59-53(56)47-44-41-38-35-31-24-21-18-15-12-9-6-3)48-57-51(54)45-42-39-36-33-30-23-20-17-14-11-8-5-2/h9,12,18,21,25-26,31,35,50H,4-8,10-11,13-17,19-20,22-24,27-30,32-34,36-49H2,1-3H3/b12-9-,21-18-,26-25-,35-31-. The molecule has 0 rings (SSSR count). The van der Waals surface area contributed by atoms with Gasteiger partial charge in [0, 0.05) is 19.3 Å². The van der Waals surface area contributed by atoms with Crippen molar-refractivity contribution >= 4 is 17.9 Å². The maximum atomic E-state index is 12.7. The van der Waals surface area contributed by atoms with Crippen LogP contribution in [-0.2, 0) is 28.6 Å². The van der Waals surface area contributed by atoms with Gasteiger partial charge in [0.1, 0.15) is 13.2 Å². The lowest BCUT2D eigenvalue weighted by Crippen LogP contribution is -2.30. The van der Waals surface area contributed by atoms with Crippen LogP contribution in [-0.4, -0.2) is 37.2 Å². The molecule has 6 nitrogen and oxygen atoms in total. The monoisotopic (exact) mass is 827 g/mol. The van der Waals surface area contributed by atoms with Gasteiger partial charge in [0.15, 0.2) is 6.10 Å². The summed E-state index contributed by atoms with van der Waals surface area (Å²) in [5.74, 6) is -0.927. The Labute approximate surface area is 365 Å². The van der Waals surface area contributed by atoms with Gasteiger partial charge in [-0.3, -0.25) is 14.4 Å². The molecule has 0 aliphatic rings. The fraction of sp³-hybridized carbons (Fsp3) is 0.792. The summed E-state index contributed by atoms with van der Waals surface area (Å²) in [5, 5.41) is 0. The van der Waals surface area contributed by atoms with E-state index in [9.17, 15) is 14.4 Å². The average molecular weight is 827 g/mol. The summed E-state index contributed by atoms with van der Waals surface area (Å²) in [5.41, 5.74) is 0. The lowest BCUT2D eigenvalue weighted by Gasteiger charge is -2.18. The van der Waals surface area contributed by atoms with Gasteiger partial charge in [0.05, 0.1) is 0 Å². The zero-order valence-electron chi connectivity index (χ0n) is 39.0. The number of hydrogen-bond acceptors (Lipinski definition) is 6. The molecule has 0 aromatic heterocycles. The molecule has 1 atom stereocenters. The molecule has 342 valence electrons. The highest BCUT2D eigenvalue weighted by atomic mass is 16.6. The summed E-state index contributed by atoms with van der Waals surface area (Å²) >= 11 is 0. The Kier molecular flexibility index (Phi) is 45.9. The minimum absolute atomic E-state index is 0.0878. The molecule has 0 heterocycles. The number of esters is 3. The van der Waals surface area contributed by atoms with Gasteiger partial charge in [-0.1, -0.05) is 204 Å². The van der Waals surface area contributed by atoms with Crippen LogP contribution in [0.5, 0.6) is 0 Å². The number of rotatable bonds is 45. The minimum atomic E-state index is -0.790. The highest BCUT2D eigenvalue weighted by molar-refractivity contribution is 5.71. The highest BCUT2D eigenvalue weighted by Crippen LogP contribution is 2.15. The van der Waals surface area contributed by atoms with Crippen LogP contribution >= 0.6 is 0 Å². The molecule has 6 heteroatoms. The second-order valence-corrected chi connectivity index (χ2v) is 16.7. The molecule has 0 aromatic carbocycles. The first-order chi connectivity index (χ1) is 29.0. The molecule has 0 aliphatic carbocycles. The van der Waals surface area contributed by atoms with Crippen molar-refractivity contribution in [2.45, 2.75) is 258 Å². The van der Waals surface area contributed by atoms with Gasteiger partial charge in [-0.2, -0.15) is 0 Å². The summed E-state index contributed by atoms with van der Waals surface area (Å²) in [6, 6.07) is 0.